The number of hydrogen-bond acceptors (Lipinski definition) is 2. The second kappa shape index (κ2) is 11.5. The monoisotopic (exact) mass is 364 g/mol. The molecule has 2 rings (SSSR count). The summed E-state index contributed by atoms with van der Waals surface area (Å²) in [6.07, 6.45) is 16.5. The number of aliphatic hydroxyl groups excluding tert-OH is 2. The van der Waals surface area contributed by atoms with Gasteiger partial charge in [0.25, 0.3) is 0 Å². The van der Waals surface area contributed by atoms with Gasteiger partial charge in [0.05, 0.1) is 0 Å². The van der Waals surface area contributed by atoms with Gasteiger partial charge in [-0.3, -0.25) is 0 Å². The molecule has 1 fully saturated rings. The highest BCUT2D eigenvalue weighted by atomic mass is 16.3. The quantitative estimate of drug-likeness (QED) is 0.469. The van der Waals surface area contributed by atoms with Gasteiger partial charge < -0.3 is 10.2 Å². The summed E-state index contributed by atoms with van der Waals surface area (Å²) >= 11 is 0. The highest BCUT2D eigenvalue weighted by Crippen LogP contribution is 2.37. The Balaban J connectivity index is 1.75. The van der Waals surface area contributed by atoms with E-state index < -0.39 is 0 Å². The normalized spacial score (nSPS) is 31.1. The van der Waals surface area contributed by atoms with E-state index in [-0.39, 0.29) is 0 Å². The minimum atomic E-state index is 0.320. The van der Waals surface area contributed by atoms with E-state index in [1.807, 2.05) is 0 Å². The first-order valence-electron chi connectivity index (χ1n) is 11.4. The number of aliphatic hydroxyl groups is 2. The van der Waals surface area contributed by atoms with E-state index in [2.05, 4.69) is 26.8 Å². The molecule has 0 bridgehead atoms. The Morgan fingerprint density at radius 1 is 0.962 bits per heavy atom. The summed E-state index contributed by atoms with van der Waals surface area (Å²) in [5.74, 6) is 4.14. The molecule has 0 spiro atoms. The standard InChI is InChI=1S/C24H44O2/c1-18(2)7-9-21-13-23(15-24(14-21)17-26)11-19(3)8-10-20-5-4-6-22(12-20)16-25/h14,18-20,22-26H,4-13,15-17H2,1-3H3. The molecule has 0 heterocycles. The summed E-state index contributed by atoms with van der Waals surface area (Å²) in [4.78, 5) is 0. The Hall–Kier alpha value is -0.340. The minimum Gasteiger partial charge on any atom is -0.396 e. The van der Waals surface area contributed by atoms with Gasteiger partial charge in [-0.05, 0) is 74.5 Å². The van der Waals surface area contributed by atoms with Crippen LogP contribution < -0.4 is 0 Å². The van der Waals surface area contributed by atoms with E-state index >= 15 is 0 Å². The lowest BCUT2D eigenvalue weighted by Gasteiger charge is -2.31. The fourth-order valence-corrected chi connectivity index (χ4v) is 5.36. The first kappa shape index (κ1) is 22.0. The number of allylic oxidation sites excluding steroid dienone is 1. The van der Waals surface area contributed by atoms with Gasteiger partial charge in [0, 0.05) is 19.1 Å². The van der Waals surface area contributed by atoms with Crippen LogP contribution in [0.3, 0.4) is 0 Å². The zero-order valence-corrected chi connectivity index (χ0v) is 17.6. The fourth-order valence-electron chi connectivity index (χ4n) is 5.36. The van der Waals surface area contributed by atoms with Crippen LogP contribution in [0.2, 0.25) is 0 Å². The van der Waals surface area contributed by atoms with E-state index in [0.29, 0.717) is 25.0 Å². The lowest BCUT2D eigenvalue weighted by Crippen LogP contribution is -2.21. The summed E-state index contributed by atoms with van der Waals surface area (Å²) in [6.45, 7) is 7.76. The first-order chi connectivity index (χ1) is 12.5. The maximum atomic E-state index is 9.69. The SMILES string of the molecule is CC(C)CCC1=CC(CO)CC(CC(C)CCC2CCCC(CO)C2)C1. The van der Waals surface area contributed by atoms with Crippen LogP contribution in [0.4, 0.5) is 0 Å². The van der Waals surface area contributed by atoms with Gasteiger partial charge in [-0.15, -0.1) is 0 Å². The Morgan fingerprint density at radius 3 is 2.42 bits per heavy atom. The van der Waals surface area contributed by atoms with Gasteiger partial charge in [0.2, 0.25) is 0 Å². The summed E-state index contributed by atoms with van der Waals surface area (Å²) < 4.78 is 0. The highest BCUT2D eigenvalue weighted by Gasteiger charge is 2.25. The van der Waals surface area contributed by atoms with Crippen LogP contribution in [0.5, 0.6) is 0 Å². The predicted molar refractivity (Wildman–Crippen MR) is 111 cm³/mol. The van der Waals surface area contributed by atoms with Gasteiger partial charge in [-0.1, -0.05) is 58.1 Å². The third-order valence-electron chi connectivity index (χ3n) is 6.89. The Morgan fingerprint density at radius 2 is 1.73 bits per heavy atom. The van der Waals surface area contributed by atoms with Crippen molar-refractivity contribution in [1.29, 1.82) is 0 Å². The van der Waals surface area contributed by atoms with Gasteiger partial charge in [0.1, 0.15) is 0 Å². The van der Waals surface area contributed by atoms with Crippen molar-refractivity contribution in [1.82, 2.24) is 0 Å². The molecule has 26 heavy (non-hydrogen) atoms. The maximum Gasteiger partial charge on any atom is 0.0493 e. The predicted octanol–water partition coefficient (Wildman–Crippen LogP) is 5.97. The fraction of sp³-hybridized carbons (Fsp3) is 0.917. The van der Waals surface area contributed by atoms with E-state index in [9.17, 15) is 10.2 Å². The van der Waals surface area contributed by atoms with E-state index in [0.717, 1.165) is 23.7 Å². The molecular formula is C24H44O2. The van der Waals surface area contributed by atoms with Crippen molar-refractivity contribution >= 4 is 0 Å². The second-order valence-electron chi connectivity index (χ2n) is 10.0. The molecule has 2 aliphatic rings. The third kappa shape index (κ3) is 7.72. The van der Waals surface area contributed by atoms with E-state index in [1.54, 1.807) is 5.57 Å². The average Bonchev–Trinajstić information content (AvgIpc) is 2.64. The molecule has 0 aliphatic heterocycles. The Labute approximate surface area is 162 Å². The third-order valence-corrected chi connectivity index (χ3v) is 6.89. The largest absolute Gasteiger partial charge is 0.396 e. The van der Waals surface area contributed by atoms with Crippen molar-refractivity contribution < 1.29 is 10.2 Å². The highest BCUT2D eigenvalue weighted by molar-refractivity contribution is 5.10. The molecular weight excluding hydrogens is 320 g/mol. The van der Waals surface area contributed by atoms with Crippen LogP contribution in [0.1, 0.15) is 91.4 Å². The van der Waals surface area contributed by atoms with Crippen LogP contribution >= 0.6 is 0 Å². The Kier molecular flexibility index (Phi) is 9.70. The van der Waals surface area contributed by atoms with Crippen LogP contribution in [-0.2, 0) is 0 Å². The van der Waals surface area contributed by atoms with Gasteiger partial charge >= 0.3 is 0 Å². The molecule has 5 unspecified atom stereocenters. The topological polar surface area (TPSA) is 40.5 Å². The molecule has 2 N–H and O–H groups in total. The van der Waals surface area contributed by atoms with Crippen molar-refractivity contribution in [2.24, 2.45) is 35.5 Å². The van der Waals surface area contributed by atoms with E-state index in [4.69, 9.17) is 0 Å². The smallest absolute Gasteiger partial charge is 0.0493 e. The molecule has 0 aromatic carbocycles. The molecule has 0 aromatic heterocycles. The summed E-state index contributed by atoms with van der Waals surface area (Å²) in [7, 11) is 0. The van der Waals surface area contributed by atoms with Gasteiger partial charge in [0.15, 0.2) is 0 Å². The number of rotatable bonds is 10. The van der Waals surface area contributed by atoms with Crippen molar-refractivity contribution in [2.45, 2.75) is 91.4 Å². The van der Waals surface area contributed by atoms with Gasteiger partial charge in [-0.2, -0.15) is 0 Å². The first-order valence-corrected chi connectivity index (χ1v) is 11.4. The van der Waals surface area contributed by atoms with Crippen molar-refractivity contribution in [3.63, 3.8) is 0 Å². The molecule has 0 aromatic rings. The average molecular weight is 365 g/mol. The lowest BCUT2D eigenvalue weighted by atomic mass is 9.75. The minimum absolute atomic E-state index is 0.320. The second-order valence-corrected chi connectivity index (χ2v) is 10.0. The molecule has 5 atom stereocenters. The molecule has 2 heteroatoms. The van der Waals surface area contributed by atoms with Crippen molar-refractivity contribution in [3.05, 3.63) is 11.6 Å². The van der Waals surface area contributed by atoms with Crippen molar-refractivity contribution in [3.8, 4) is 0 Å². The summed E-state index contributed by atoms with van der Waals surface area (Å²) in [5.41, 5.74) is 1.61. The van der Waals surface area contributed by atoms with E-state index in [1.165, 1.54) is 70.6 Å². The van der Waals surface area contributed by atoms with Crippen LogP contribution in [-0.4, -0.2) is 23.4 Å². The van der Waals surface area contributed by atoms with Crippen LogP contribution in [0.15, 0.2) is 11.6 Å². The van der Waals surface area contributed by atoms with Crippen molar-refractivity contribution in [2.75, 3.05) is 13.2 Å². The molecule has 0 amide bonds. The Bertz CT molecular complexity index is 414. The molecule has 0 saturated heterocycles. The molecule has 0 radical (unpaired) electrons. The van der Waals surface area contributed by atoms with Crippen LogP contribution in [0.25, 0.3) is 0 Å². The van der Waals surface area contributed by atoms with Gasteiger partial charge in [-0.25, -0.2) is 0 Å². The maximum absolute atomic E-state index is 9.69. The molecule has 1 saturated carbocycles. The molecule has 2 nitrogen and oxygen atoms in total. The number of hydrogen-bond donors (Lipinski definition) is 2. The molecule has 2 aliphatic carbocycles. The summed E-state index contributed by atoms with van der Waals surface area (Å²) in [5, 5.41) is 19.1. The molecule has 152 valence electrons. The van der Waals surface area contributed by atoms with Crippen LogP contribution in [0, 0.1) is 35.5 Å². The zero-order valence-electron chi connectivity index (χ0n) is 17.6. The lowest BCUT2D eigenvalue weighted by molar-refractivity contribution is 0.151. The zero-order chi connectivity index (χ0) is 18.9. The summed E-state index contributed by atoms with van der Waals surface area (Å²) in [6, 6.07) is 0.